The van der Waals surface area contributed by atoms with Gasteiger partial charge in [-0.05, 0) is 44.2 Å². The van der Waals surface area contributed by atoms with Crippen LogP contribution in [0.1, 0.15) is 60.1 Å². The van der Waals surface area contributed by atoms with Crippen LogP contribution in [0.2, 0.25) is 0 Å². The number of H-pyrrole nitrogens is 1. The molecule has 34 heavy (non-hydrogen) atoms. The lowest BCUT2D eigenvalue weighted by Gasteiger charge is -2.31. The summed E-state index contributed by atoms with van der Waals surface area (Å²) < 4.78 is 27.9. The predicted molar refractivity (Wildman–Crippen MR) is 130 cm³/mol. The highest BCUT2D eigenvalue weighted by Crippen LogP contribution is 2.25. The van der Waals surface area contributed by atoms with Crippen LogP contribution >= 0.6 is 0 Å². The van der Waals surface area contributed by atoms with Crippen molar-refractivity contribution in [3.05, 3.63) is 53.3 Å². The van der Waals surface area contributed by atoms with E-state index in [2.05, 4.69) is 10.3 Å². The van der Waals surface area contributed by atoms with Crippen LogP contribution in [0.3, 0.4) is 0 Å². The van der Waals surface area contributed by atoms with E-state index in [0.717, 1.165) is 36.8 Å². The first kappa shape index (κ1) is 24.5. The molecule has 2 N–H and O–H groups in total. The molecule has 184 valence electrons. The Morgan fingerprint density at radius 1 is 1.03 bits per heavy atom. The highest BCUT2D eigenvalue weighted by atomic mass is 32.2. The second-order valence-electron chi connectivity index (χ2n) is 9.36. The van der Waals surface area contributed by atoms with Crippen LogP contribution in [0.15, 0.2) is 41.4 Å². The molecular formula is C25H34N4O4S. The Hall–Kier alpha value is -2.65. The van der Waals surface area contributed by atoms with E-state index in [0.29, 0.717) is 44.7 Å². The summed E-state index contributed by atoms with van der Waals surface area (Å²) in [6, 6.07) is 9.38. The van der Waals surface area contributed by atoms with Gasteiger partial charge in [-0.1, -0.05) is 42.7 Å². The van der Waals surface area contributed by atoms with Crippen molar-refractivity contribution >= 4 is 21.8 Å². The summed E-state index contributed by atoms with van der Waals surface area (Å²) in [5, 5.41) is 2.94. The van der Waals surface area contributed by atoms with Crippen molar-refractivity contribution < 1.29 is 18.0 Å². The minimum absolute atomic E-state index is 0.0754. The van der Waals surface area contributed by atoms with Crippen LogP contribution in [0.4, 0.5) is 0 Å². The summed E-state index contributed by atoms with van der Waals surface area (Å²) >= 11 is 0. The Morgan fingerprint density at radius 3 is 2.44 bits per heavy atom. The van der Waals surface area contributed by atoms with Crippen molar-refractivity contribution in [1.82, 2.24) is 19.5 Å². The van der Waals surface area contributed by atoms with Crippen LogP contribution in [0.25, 0.3) is 0 Å². The first-order valence-corrected chi connectivity index (χ1v) is 13.6. The highest BCUT2D eigenvalue weighted by molar-refractivity contribution is 7.89. The number of amides is 2. The second-order valence-corrected chi connectivity index (χ2v) is 11.3. The number of nitrogens with zero attached hydrogens (tertiary/aromatic N) is 2. The fourth-order valence-corrected chi connectivity index (χ4v) is 6.17. The number of aromatic amines is 1. The Kier molecular flexibility index (Phi) is 7.73. The van der Waals surface area contributed by atoms with Gasteiger partial charge in [-0.25, -0.2) is 8.42 Å². The van der Waals surface area contributed by atoms with Crippen molar-refractivity contribution in [3.63, 3.8) is 0 Å². The summed E-state index contributed by atoms with van der Waals surface area (Å²) in [6.07, 6.45) is 6.83. The minimum Gasteiger partial charge on any atom is -0.356 e. The van der Waals surface area contributed by atoms with Crippen LogP contribution < -0.4 is 5.32 Å². The molecule has 2 aliphatic rings. The summed E-state index contributed by atoms with van der Waals surface area (Å²) in [6.45, 7) is 4.34. The maximum Gasteiger partial charge on any atom is 0.270 e. The van der Waals surface area contributed by atoms with Gasteiger partial charge in [-0.2, -0.15) is 4.31 Å². The third-order valence-electron chi connectivity index (χ3n) is 6.76. The predicted octanol–water partition coefficient (Wildman–Crippen LogP) is 3.06. The van der Waals surface area contributed by atoms with Crippen LogP contribution in [-0.2, 0) is 21.4 Å². The van der Waals surface area contributed by atoms with E-state index in [4.69, 9.17) is 0 Å². The van der Waals surface area contributed by atoms with Crippen LogP contribution in [0.5, 0.6) is 0 Å². The van der Waals surface area contributed by atoms with Crippen LogP contribution in [0, 0.1) is 12.8 Å². The number of nitrogens with one attached hydrogen (secondary N) is 2. The van der Waals surface area contributed by atoms with Gasteiger partial charge in [0.2, 0.25) is 15.9 Å². The normalized spacial score (nSPS) is 20.0. The lowest BCUT2D eigenvalue weighted by atomic mass is 9.98. The maximum absolute atomic E-state index is 13.3. The molecule has 0 spiro atoms. The first-order valence-electron chi connectivity index (χ1n) is 12.2. The molecule has 4 rings (SSSR count). The number of likely N-dealkylation sites (tertiary alicyclic amines) is 1. The first-order chi connectivity index (χ1) is 16.3. The Labute approximate surface area is 201 Å². The third kappa shape index (κ3) is 5.70. The lowest BCUT2D eigenvalue weighted by molar-refractivity contribution is -0.126. The summed E-state index contributed by atoms with van der Waals surface area (Å²) in [7, 11) is -3.80. The molecule has 0 saturated carbocycles. The molecule has 1 aromatic carbocycles. The molecule has 0 radical (unpaired) electrons. The van der Waals surface area contributed by atoms with Gasteiger partial charge in [0.25, 0.3) is 5.91 Å². The molecule has 1 aromatic heterocycles. The molecule has 2 fully saturated rings. The topological polar surface area (TPSA) is 103 Å². The van der Waals surface area contributed by atoms with Gasteiger partial charge in [0.05, 0.1) is 5.92 Å². The number of rotatable bonds is 6. The van der Waals surface area contributed by atoms with Gasteiger partial charge >= 0.3 is 0 Å². The molecule has 3 heterocycles. The van der Waals surface area contributed by atoms with Gasteiger partial charge in [0.1, 0.15) is 10.6 Å². The van der Waals surface area contributed by atoms with Crippen LogP contribution in [-0.4, -0.2) is 60.6 Å². The summed E-state index contributed by atoms with van der Waals surface area (Å²) in [4.78, 5) is 30.3. The smallest absolute Gasteiger partial charge is 0.270 e. The zero-order chi connectivity index (χ0) is 24.1. The van der Waals surface area contributed by atoms with E-state index in [9.17, 15) is 18.0 Å². The number of carbonyl (C=O) groups is 2. The Balaban J connectivity index is 1.38. The molecule has 0 bridgehead atoms. The number of carbonyl (C=O) groups excluding carboxylic acids is 2. The summed E-state index contributed by atoms with van der Waals surface area (Å²) in [5.74, 6) is -0.687. The Morgan fingerprint density at radius 2 is 1.74 bits per heavy atom. The average Bonchev–Trinajstić information content (AvgIpc) is 3.20. The van der Waals surface area contributed by atoms with Gasteiger partial charge in [0, 0.05) is 38.9 Å². The number of hydrogen-bond acceptors (Lipinski definition) is 4. The number of piperidine rings is 1. The van der Waals surface area contributed by atoms with Crippen molar-refractivity contribution in [3.8, 4) is 0 Å². The molecule has 9 heteroatoms. The van der Waals surface area contributed by atoms with Crippen molar-refractivity contribution in [2.75, 3.05) is 26.2 Å². The maximum atomic E-state index is 13.3. The van der Waals surface area contributed by atoms with Gasteiger partial charge < -0.3 is 15.2 Å². The Bertz CT molecular complexity index is 1100. The molecule has 2 amide bonds. The zero-order valence-corrected chi connectivity index (χ0v) is 20.6. The fraction of sp³-hybridized carbons (Fsp3) is 0.520. The van der Waals surface area contributed by atoms with E-state index in [1.54, 1.807) is 4.90 Å². The minimum atomic E-state index is -3.80. The molecule has 1 atom stereocenters. The monoisotopic (exact) mass is 486 g/mol. The number of sulfonamides is 1. The number of benzene rings is 1. The zero-order valence-electron chi connectivity index (χ0n) is 19.8. The van der Waals surface area contributed by atoms with Gasteiger partial charge in [-0.3, -0.25) is 9.59 Å². The van der Waals surface area contributed by atoms with Crippen molar-refractivity contribution in [2.45, 2.75) is 56.9 Å². The average molecular weight is 487 g/mol. The second kappa shape index (κ2) is 10.7. The third-order valence-corrected chi connectivity index (χ3v) is 8.60. The van der Waals surface area contributed by atoms with E-state index in [1.165, 1.54) is 16.6 Å². The number of aryl methyl sites for hydroxylation is 1. The number of hydrogen-bond donors (Lipinski definition) is 2. The highest BCUT2D eigenvalue weighted by Gasteiger charge is 2.34. The lowest BCUT2D eigenvalue weighted by Crippen LogP contribution is -2.45. The molecule has 1 unspecified atom stereocenters. The molecular weight excluding hydrogens is 452 g/mol. The molecule has 2 saturated heterocycles. The van der Waals surface area contributed by atoms with E-state index < -0.39 is 15.9 Å². The number of aromatic nitrogens is 1. The quantitative estimate of drug-likeness (QED) is 0.655. The van der Waals surface area contributed by atoms with E-state index in [-0.39, 0.29) is 23.3 Å². The fourth-order valence-electron chi connectivity index (χ4n) is 4.65. The molecule has 2 aliphatic heterocycles. The van der Waals surface area contributed by atoms with E-state index in [1.807, 2.05) is 31.2 Å². The van der Waals surface area contributed by atoms with Gasteiger partial charge in [-0.15, -0.1) is 0 Å². The van der Waals surface area contributed by atoms with Gasteiger partial charge in [0.15, 0.2) is 0 Å². The molecule has 8 nitrogen and oxygen atoms in total. The molecule has 0 aliphatic carbocycles. The van der Waals surface area contributed by atoms with Crippen molar-refractivity contribution in [2.24, 2.45) is 5.92 Å². The standard InChI is InChI=1S/C25H34N4O4S/c1-19-8-10-20(11-9-19)16-27-24(30)21-7-6-14-29(18-21)34(32,33)22-15-23(26-17-22)25(31)28-12-4-2-3-5-13-28/h8-11,15,17,21,26H,2-7,12-14,16,18H2,1H3,(H,27,30). The molecule has 2 aromatic rings. The van der Waals surface area contributed by atoms with E-state index >= 15 is 0 Å². The SMILES string of the molecule is Cc1ccc(CNC(=O)C2CCCN(S(=O)(=O)c3c[nH]c(C(=O)N4CCCCCC4)c3)C2)cc1. The summed E-state index contributed by atoms with van der Waals surface area (Å²) in [5.41, 5.74) is 2.46. The largest absolute Gasteiger partial charge is 0.356 e. The van der Waals surface area contributed by atoms with Crippen molar-refractivity contribution in [1.29, 1.82) is 0 Å².